The number of likely N-dealkylation sites (N-methyl/N-ethyl adjacent to an activating group) is 1. The molecule has 0 radical (unpaired) electrons. The van der Waals surface area contributed by atoms with Crippen molar-refractivity contribution in [2.24, 2.45) is 5.92 Å². The van der Waals surface area contributed by atoms with Crippen LogP contribution >= 0.6 is 11.8 Å². The van der Waals surface area contributed by atoms with Gasteiger partial charge < -0.3 is 10.6 Å². The predicted octanol–water partition coefficient (Wildman–Crippen LogP) is 0.465. The zero-order valence-corrected chi connectivity index (χ0v) is 8.95. The number of hydrogen-bond acceptors (Lipinski definition) is 3. The third kappa shape index (κ3) is 4.00. The van der Waals surface area contributed by atoms with Gasteiger partial charge >= 0.3 is 0 Å². The molecule has 0 bridgehead atoms. The number of carbonyl (C=O) groups excluding carboxylic acids is 1. The second kappa shape index (κ2) is 6.27. The predicted molar refractivity (Wildman–Crippen MR) is 57.0 cm³/mol. The molecule has 1 aliphatic rings. The number of rotatable bonds is 5. The lowest BCUT2D eigenvalue weighted by molar-refractivity contribution is -0.124. The fraction of sp³-hybridized carbons (Fsp3) is 0.889. The van der Waals surface area contributed by atoms with Gasteiger partial charge in [0.05, 0.1) is 0 Å². The highest BCUT2D eigenvalue weighted by atomic mass is 32.2. The molecule has 3 nitrogen and oxygen atoms in total. The Hall–Kier alpha value is -0.220. The monoisotopic (exact) mass is 202 g/mol. The Kier molecular flexibility index (Phi) is 5.23. The van der Waals surface area contributed by atoms with Gasteiger partial charge in [0.15, 0.2) is 0 Å². The van der Waals surface area contributed by atoms with E-state index in [0.29, 0.717) is 0 Å². The van der Waals surface area contributed by atoms with Crippen molar-refractivity contribution in [3.05, 3.63) is 0 Å². The fourth-order valence-electron chi connectivity index (χ4n) is 1.34. The van der Waals surface area contributed by atoms with E-state index >= 15 is 0 Å². The maximum absolute atomic E-state index is 11.5. The van der Waals surface area contributed by atoms with Gasteiger partial charge in [0.2, 0.25) is 5.91 Å². The van der Waals surface area contributed by atoms with Crippen LogP contribution in [0.2, 0.25) is 0 Å². The SMILES string of the molecule is CCNCCNC(=O)C1CCSC1. The summed E-state index contributed by atoms with van der Waals surface area (Å²) in [6.07, 6.45) is 1.05. The molecule has 1 fully saturated rings. The Balaban J connectivity index is 2.03. The summed E-state index contributed by atoms with van der Waals surface area (Å²) in [5, 5.41) is 6.12. The Morgan fingerprint density at radius 1 is 1.54 bits per heavy atom. The van der Waals surface area contributed by atoms with E-state index in [1.807, 2.05) is 11.8 Å². The number of nitrogens with one attached hydrogen (secondary N) is 2. The second-order valence-electron chi connectivity index (χ2n) is 3.21. The summed E-state index contributed by atoms with van der Waals surface area (Å²) in [4.78, 5) is 11.5. The molecule has 0 aromatic carbocycles. The molecule has 1 saturated heterocycles. The van der Waals surface area contributed by atoms with Crippen LogP contribution in [-0.2, 0) is 4.79 Å². The first-order chi connectivity index (χ1) is 6.34. The smallest absolute Gasteiger partial charge is 0.224 e. The molecule has 1 aliphatic heterocycles. The summed E-state index contributed by atoms with van der Waals surface area (Å²) in [7, 11) is 0. The van der Waals surface area contributed by atoms with Crippen LogP contribution in [0.4, 0.5) is 0 Å². The lowest BCUT2D eigenvalue weighted by Gasteiger charge is -2.09. The molecule has 0 aliphatic carbocycles. The largest absolute Gasteiger partial charge is 0.355 e. The van der Waals surface area contributed by atoms with Crippen molar-refractivity contribution >= 4 is 17.7 Å². The molecule has 0 saturated carbocycles. The van der Waals surface area contributed by atoms with Crippen molar-refractivity contribution < 1.29 is 4.79 Å². The van der Waals surface area contributed by atoms with Crippen LogP contribution in [0.3, 0.4) is 0 Å². The number of hydrogen-bond donors (Lipinski definition) is 2. The average Bonchev–Trinajstić information content (AvgIpc) is 2.65. The van der Waals surface area contributed by atoms with Gasteiger partial charge in [0.25, 0.3) is 0 Å². The molecule has 1 heterocycles. The van der Waals surface area contributed by atoms with Gasteiger partial charge in [0, 0.05) is 24.8 Å². The van der Waals surface area contributed by atoms with E-state index in [-0.39, 0.29) is 11.8 Å². The van der Waals surface area contributed by atoms with Crippen LogP contribution < -0.4 is 10.6 Å². The van der Waals surface area contributed by atoms with Gasteiger partial charge in [-0.2, -0.15) is 11.8 Å². The average molecular weight is 202 g/mol. The lowest BCUT2D eigenvalue weighted by atomic mass is 10.1. The molecule has 1 atom stereocenters. The summed E-state index contributed by atoms with van der Waals surface area (Å²) < 4.78 is 0. The molecule has 0 aromatic heterocycles. The summed E-state index contributed by atoms with van der Waals surface area (Å²) >= 11 is 1.88. The van der Waals surface area contributed by atoms with Crippen LogP contribution in [0.1, 0.15) is 13.3 Å². The van der Waals surface area contributed by atoms with E-state index in [4.69, 9.17) is 0 Å². The van der Waals surface area contributed by atoms with Crippen molar-refractivity contribution in [3.63, 3.8) is 0 Å². The molecule has 0 spiro atoms. The minimum absolute atomic E-state index is 0.239. The zero-order valence-electron chi connectivity index (χ0n) is 8.14. The minimum Gasteiger partial charge on any atom is -0.355 e. The molecular weight excluding hydrogens is 184 g/mol. The second-order valence-corrected chi connectivity index (χ2v) is 4.35. The van der Waals surface area contributed by atoms with Gasteiger partial charge in [-0.15, -0.1) is 0 Å². The van der Waals surface area contributed by atoms with Gasteiger partial charge in [-0.3, -0.25) is 4.79 Å². The van der Waals surface area contributed by atoms with Crippen molar-refractivity contribution in [1.29, 1.82) is 0 Å². The Morgan fingerprint density at radius 3 is 3.00 bits per heavy atom. The maximum Gasteiger partial charge on any atom is 0.224 e. The number of amides is 1. The van der Waals surface area contributed by atoms with Crippen LogP contribution in [0.25, 0.3) is 0 Å². The first kappa shape index (κ1) is 10.9. The zero-order chi connectivity index (χ0) is 9.52. The Bertz CT molecular complexity index is 158. The normalized spacial score (nSPS) is 21.8. The molecule has 2 N–H and O–H groups in total. The third-order valence-electron chi connectivity index (χ3n) is 2.15. The van der Waals surface area contributed by atoms with E-state index in [1.165, 1.54) is 0 Å². The third-order valence-corrected chi connectivity index (χ3v) is 3.31. The quantitative estimate of drug-likeness (QED) is 0.637. The number of carbonyl (C=O) groups is 1. The first-order valence-corrected chi connectivity index (χ1v) is 6.06. The van der Waals surface area contributed by atoms with E-state index in [2.05, 4.69) is 17.6 Å². The molecule has 1 amide bonds. The molecule has 13 heavy (non-hydrogen) atoms. The standard InChI is InChI=1S/C9H18N2OS/c1-2-10-4-5-11-9(12)8-3-6-13-7-8/h8,10H,2-7H2,1H3,(H,11,12). The summed E-state index contributed by atoms with van der Waals surface area (Å²) in [5.74, 6) is 2.66. The summed E-state index contributed by atoms with van der Waals surface area (Å²) in [5.41, 5.74) is 0. The van der Waals surface area contributed by atoms with E-state index < -0.39 is 0 Å². The van der Waals surface area contributed by atoms with Gasteiger partial charge in [0.1, 0.15) is 0 Å². The summed E-state index contributed by atoms with van der Waals surface area (Å²) in [6.45, 7) is 4.67. The van der Waals surface area contributed by atoms with Crippen molar-refractivity contribution in [2.75, 3.05) is 31.1 Å². The van der Waals surface area contributed by atoms with Gasteiger partial charge in [-0.1, -0.05) is 6.92 Å². The molecule has 4 heteroatoms. The molecular formula is C9H18N2OS. The lowest BCUT2D eigenvalue weighted by Crippen LogP contribution is -2.35. The van der Waals surface area contributed by atoms with Crippen molar-refractivity contribution in [1.82, 2.24) is 10.6 Å². The fourth-order valence-corrected chi connectivity index (χ4v) is 2.56. The van der Waals surface area contributed by atoms with E-state index in [1.54, 1.807) is 0 Å². The minimum atomic E-state index is 0.239. The molecule has 0 aromatic rings. The molecule has 1 rings (SSSR count). The summed E-state index contributed by atoms with van der Waals surface area (Å²) in [6, 6.07) is 0. The van der Waals surface area contributed by atoms with E-state index in [0.717, 1.165) is 37.6 Å². The Morgan fingerprint density at radius 2 is 2.38 bits per heavy atom. The Labute approximate surface area is 84.0 Å². The van der Waals surface area contributed by atoms with Crippen LogP contribution in [0.15, 0.2) is 0 Å². The first-order valence-electron chi connectivity index (χ1n) is 4.90. The van der Waals surface area contributed by atoms with E-state index in [9.17, 15) is 4.79 Å². The van der Waals surface area contributed by atoms with Crippen molar-refractivity contribution in [2.45, 2.75) is 13.3 Å². The highest BCUT2D eigenvalue weighted by molar-refractivity contribution is 7.99. The molecule has 1 unspecified atom stereocenters. The highest BCUT2D eigenvalue weighted by Crippen LogP contribution is 2.23. The number of thioether (sulfide) groups is 1. The van der Waals surface area contributed by atoms with Crippen LogP contribution in [-0.4, -0.2) is 37.0 Å². The topological polar surface area (TPSA) is 41.1 Å². The highest BCUT2D eigenvalue weighted by Gasteiger charge is 2.22. The maximum atomic E-state index is 11.5. The molecule has 76 valence electrons. The van der Waals surface area contributed by atoms with Crippen LogP contribution in [0.5, 0.6) is 0 Å². The van der Waals surface area contributed by atoms with Crippen molar-refractivity contribution in [3.8, 4) is 0 Å². The van der Waals surface area contributed by atoms with Crippen LogP contribution in [0, 0.1) is 5.92 Å². The van der Waals surface area contributed by atoms with Gasteiger partial charge in [-0.05, 0) is 18.7 Å². The van der Waals surface area contributed by atoms with Gasteiger partial charge in [-0.25, -0.2) is 0 Å².